The van der Waals surface area contributed by atoms with Gasteiger partial charge in [0.15, 0.2) is 0 Å². The second kappa shape index (κ2) is 7.60. The van der Waals surface area contributed by atoms with Crippen LogP contribution in [0.25, 0.3) is 0 Å². The van der Waals surface area contributed by atoms with Gasteiger partial charge in [-0.2, -0.15) is 0 Å². The fraction of sp³-hybridized carbons (Fsp3) is 0.556. The number of ether oxygens (including phenoxy) is 1. The molecule has 1 aromatic carbocycles. The van der Waals surface area contributed by atoms with Crippen molar-refractivity contribution in [3.63, 3.8) is 0 Å². The zero-order chi connectivity index (χ0) is 18.0. The van der Waals surface area contributed by atoms with E-state index in [0.29, 0.717) is 23.7 Å². The average Bonchev–Trinajstić information content (AvgIpc) is 2.56. The van der Waals surface area contributed by atoms with Crippen LogP contribution in [-0.4, -0.2) is 53.1 Å². The van der Waals surface area contributed by atoms with E-state index in [-0.39, 0.29) is 31.0 Å². The summed E-state index contributed by atoms with van der Waals surface area (Å²) < 4.78 is 19.5. The molecular weight excluding hydrogens is 347 g/mol. The van der Waals surface area contributed by atoms with Crippen LogP contribution in [-0.2, 0) is 4.79 Å². The molecule has 2 aliphatic rings. The number of hydrogen-bond acceptors (Lipinski definition) is 3. The summed E-state index contributed by atoms with van der Waals surface area (Å²) in [5.74, 6) is 0.401. The Morgan fingerprint density at radius 2 is 2.00 bits per heavy atom. The summed E-state index contributed by atoms with van der Waals surface area (Å²) in [6, 6.07) is 6.19. The Hall–Kier alpha value is -1.82. The highest BCUT2D eigenvalue weighted by Gasteiger charge is 2.38. The molecule has 0 bridgehead atoms. The summed E-state index contributed by atoms with van der Waals surface area (Å²) in [7, 11) is 0. The fourth-order valence-electron chi connectivity index (χ4n) is 3.66. The van der Waals surface area contributed by atoms with Crippen LogP contribution in [0.5, 0.6) is 5.75 Å². The van der Waals surface area contributed by atoms with Gasteiger partial charge in [0, 0.05) is 30.5 Å². The molecule has 0 N–H and O–H groups in total. The number of rotatable bonds is 2. The van der Waals surface area contributed by atoms with Crippen molar-refractivity contribution in [3.05, 3.63) is 29.3 Å². The van der Waals surface area contributed by atoms with Crippen LogP contribution in [0.1, 0.15) is 32.6 Å². The van der Waals surface area contributed by atoms with Gasteiger partial charge in [0.25, 0.3) is 0 Å². The molecule has 3 atom stereocenters. The zero-order valence-electron chi connectivity index (χ0n) is 14.2. The minimum atomic E-state index is -1.17. The van der Waals surface area contributed by atoms with Crippen molar-refractivity contribution in [1.29, 1.82) is 0 Å². The number of carbonyl (C=O) groups is 2. The average molecular weight is 369 g/mol. The molecule has 2 aliphatic heterocycles. The summed E-state index contributed by atoms with van der Waals surface area (Å²) in [6.07, 6.45) is 0.762. The van der Waals surface area contributed by atoms with Gasteiger partial charge in [-0.15, -0.1) is 0 Å². The fourth-order valence-corrected chi connectivity index (χ4v) is 3.78. The van der Waals surface area contributed by atoms with Crippen LogP contribution in [0.3, 0.4) is 0 Å². The molecule has 0 spiro atoms. The van der Waals surface area contributed by atoms with Crippen molar-refractivity contribution in [3.8, 4) is 5.75 Å². The van der Waals surface area contributed by atoms with E-state index in [1.165, 1.54) is 4.90 Å². The Bertz CT molecular complexity index is 640. The van der Waals surface area contributed by atoms with Crippen molar-refractivity contribution in [2.75, 3.05) is 13.1 Å². The lowest BCUT2D eigenvalue weighted by Crippen LogP contribution is -2.58. The maximum atomic E-state index is 14.2. The molecule has 2 fully saturated rings. The maximum Gasteiger partial charge on any atom is 0.415 e. The van der Waals surface area contributed by atoms with Crippen molar-refractivity contribution in [2.24, 2.45) is 0 Å². The van der Waals surface area contributed by atoms with E-state index in [1.54, 1.807) is 29.2 Å². The minimum absolute atomic E-state index is 0.0145. The van der Waals surface area contributed by atoms with Crippen molar-refractivity contribution >= 4 is 23.6 Å². The largest absolute Gasteiger partial charge is 0.415 e. The number of halogens is 2. The Balaban J connectivity index is 1.68. The van der Waals surface area contributed by atoms with Gasteiger partial charge in [-0.3, -0.25) is 4.79 Å². The van der Waals surface area contributed by atoms with Gasteiger partial charge in [0.05, 0.1) is 12.6 Å². The number of nitrogens with zero attached hydrogens (tertiary/aromatic N) is 2. The lowest BCUT2D eigenvalue weighted by Gasteiger charge is -2.44. The molecule has 2 saturated heterocycles. The summed E-state index contributed by atoms with van der Waals surface area (Å²) in [5.41, 5.74) is 0. The molecule has 1 unspecified atom stereocenters. The molecule has 1 aromatic rings. The van der Waals surface area contributed by atoms with E-state index < -0.39 is 12.3 Å². The lowest BCUT2D eigenvalue weighted by molar-refractivity contribution is -0.140. The van der Waals surface area contributed by atoms with E-state index in [1.807, 2.05) is 6.92 Å². The first-order valence-electron chi connectivity index (χ1n) is 8.61. The third-order valence-electron chi connectivity index (χ3n) is 4.82. The van der Waals surface area contributed by atoms with Crippen molar-refractivity contribution in [2.45, 2.75) is 50.9 Å². The molecular formula is C18H22ClFN2O3. The summed E-state index contributed by atoms with van der Waals surface area (Å²) in [4.78, 5) is 27.8. The van der Waals surface area contributed by atoms with Crippen LogP contribution in [0, 0.1) is 0 Å². The van der Waals surface area contributed by atoms with Crippen molar-refractivity contribution in [1.82, 2.24) is 9.80 Å². The topological polar surface area (TPSA) is 49.9 Å². The number of carbonyl (C=O) groups excluding carboxylic acids is 2. The van der Waals surface area contributed by atoms with Gasteiger partial charge >= 0.3 is 6.09 Å². The van der Waals surface area contributed by atoms with E-state index in [2.05, 4.69) is 0 Å². The lowest BCUT2D eigenvalue weighted by atomic mass is 9.95. The standard InChI is InChI=1S/C18H22ClFN2O3/c1-12-3-2-4-17(23)22(12)15-9-14(20)10-21(11-15)18(24)25-16-7-5-13(19)6-8-16/h5-8,12,14-15H,2-4,9-11H2,1H3/t12?,14-,15-/m0/s1. The molecule has 0 aliphatic carbocycles. The molecule has 0 radical (unpaired) electrons. The molecule has 0 aromatic heterocycles. The first-order chi connectivity index (χ1) is 11.9. The first kappa shape index (κ1) is 18.0. The van der Waals surface area contributed by atoms with Crippen molar-refractivity contribution < 1.29 is 18.7 Å². The molecule has 136 valence electrons. The van der Waals surface area contributed by atoms with Gasteiger partial charge in [-0.05, 0) is 44.0 Å². The van der Waals surface area contributed by atoms with Gasteiger partial charge in [0.2, 0.25) is 5.91 Å². The second-order valence-electron chi connectivity index (χ2n) is 6.76. The van der Waals surface area contributed by atoms with Gasteiger partial charge in [0.1, 0.15) is 11.9 Å². The zero-order valence-corrected chi connectivity index (χ0v) is 14.9. The number of benzene rings is 1. The monoisotopic (exact) mass is 368 g/mol. The SMILES string of the molecule is CC1CCCC(=O)N1[C@H]1C[C@H](F)CN(C(=O)Oc2ccc(Cl)cc2)C1. The summed E-state index contributed by atoms with van der Waals surface area (Å²) in [6.45, 7) is 2.26. The predicted molar refractivity (Wildman–Crippen MR) is 92.5 cm³/mol. The molecule has 2 amide bonds. The molecule has 0 saturated carbocycles. The second-order valence-corrected chi connectivity index (χ2v) is 7.19. The molecule has 25 heavy (non-hydrogen) atoms. The van der Waals surface area contributed by atoms with E-state index in [4.69, 9.17) is 16.3 Å². The number of alkyl halides is 1. The van der Waals surface area contributed by atoms with E-state index in [9.17, 15) is 14.0 Å². The van der Waals surface area contributed by atoms with Gasteiger partial charge < -0.3 is 14.5 Å². The molecule has 3 rings (SSSR count). The number of likely N-dealkylation sites (tertiary alicyclic amines) is 2. The van der Waals surface area contributed by atoms with Gasteiger partial charge in [-0.1, -0.05) is 11.6 Å². The smallest absolute Gasteiger partial charge is 0.410 e. The molecule has 5 nitrogen and oxygen atoms in total. The maximum absolute atomic E-state index is 14.2. The highest BCUT2D eigenvalue weighted by atomic mass is 35.5. The Labute approximate surface area is 151 Å². The highest BCUT2D eigenvalue weighted by molar-refractivity contribution is 6.30. The quantitative estimate of drug-likeness (QED) is 0.800. The number of hydrogen-bond donors (Lipinski definition) is 0. The molecule has 2 heterocycles. The minimum Gasteiger partial charge on any atom is -0.410 e. The number of piperidine rings is 2. The predicted octanol–water partition coefficient (Wildman–Crippen LogP) is 3.65. The highest BCUT2D eigenvalue weighted by Crippen LogP contribution is 2.27. The van der Waals surface area contributed by atoms with Crippen LogP contribution in [0.2, 0.25) is 5.02 Å². The van der Waals surface area contributed by atoms with E-state index in [0.717, 1.165) is 12.8 Å². The first-order valence-corrected chi connectivity index (χ1v) is 8.99. The van der Waals surface area contributed by atoms with Crippen LogP contribution in [0.15, 0.2) is 24.3 Å². The third-order valence-corrected chi connectivity index (χ3v) is 5.08. The third kappa shape index (κ3) is 4.24. The summed E-state index contributed by atoms with van der Waals surface area (Å²) >= 11 is 5.81. The number of amides is 2. The van der Waals surface area contributed by atoms with Crippen LogP contribution >= 0.6 is 11.6 Å². The van der Waals surface area contributed by atoms with Crippen LogP contribution in [0.4, 0.5) is 9.18 Å². The Morgan fingerprint density at radius 3 is 2.68 bits per heavy atom. The Morgan fingerprint density at radius 1 is 1.28 bits per heavy atom. The van der Waals surface area contributed by atoms with Crippen LogP contribution < -0.4 is 4.74 Å². The van der Waals surface area contributed by atoms with E-state index >= 15 is 0 Å². The van der Waals surface area contributed by atoms with Gasteiger partial charge in [-0.25, -0.2) is 9.18 Å². The Kier molecular flexibility index (Phi) is 5.47. The summed E-state index contributed by atoms with van der Waals surface area (Å²) in [5, 5.41) is 0.541. The normalized spacial score (nSPS) is 27.3. The molecule has 7 heteroatoms.